The molecule has 2 aromatic heterocycles. The van der Waals surface area contributed by atoms with Crippen LogP contribution in [-0.4, -0.2) is 20.6 Å². The molecule has 15 aromatic rings. The van der Waals surface area contributed by atoms with Gasteiger partial charge in [0, 0.05) is 38.9 Å². The maximum Gasteiger partial charge on any atom is 0.231 e. The highest BCUT2D eigenvalue weighted by molar-refractivity contribution is 6.28. The highest BCUT2D eigenvalue weighted by Gasteiger charge is 2.39. The molecule has 1 aliphatic heterocycles. The van der Waals surface area contributed by atoms with Gasteiger partial charge in [0.1, 0.15) is 0 Å². The predicted octanol–water partition coefficient (Wildman–Crippen LogP) is 19.4. The summed E-state index contributed by atoms with van der Waals surface area (Å²) < 4.78 is 2.49. The first-order valence-electron chi connectivity index (χ1n) is 27.1. The van der Waals surface area contributed by atoms with Crippen molar-refractivity contribution in [3.05, 3.63) is 273 Å². The van der Waals surface area contributed by atoms with E-state index in [2.05, 4.69) is 276 Å². The van der Waals surface area contributed by atoms with E-state index < -0.39 is 0 Å². The topological polar surface area (TPSA) is 34.0 Å². The van der Waals surface area contributed by atoms with Crippen LogP contribution in [0.2, 0.25) is 0 Å². The molecule has 362 valence electrons. The quantitative estimate of drug-likeness (QED) is 0.161. The van der Waals surface area contributed by atoms with Gasteiger partial charge in [-0.25, -0.2) is 9.97 Å². The molecule has 0 bridgehead atoms. The monoisotopic (exact) mass is 990 g/mol. The Labute approximate surface area is 449 Å². The fourth-order valence-electron chi connectivity index (χ4n) is 13.6. The molecule has 0 saturated heterocycles. The van der Waals surface area contributed by atoms with Gasteiger partial charge in [0.2, 0.25) is 5.95 Å². The van der Waals surface area contributed by atoms with E-state index in [1.54, 1.807) is 0 Å². The normalized spacial score (nSPS) is 15.1. The summed E-state index contributed by atoms with van der Waals surface area (Å²) in [6.07, 6.45) is 9.08. The lowest BCUT2D eigenvalue weighted by molar-refractivity contribution is 0.730. The van der Waals surface area contributed by atoms with E-state index in [1.807, 2.05) is 0 Å². The van der Waals surface area contributed by atoms with Gasteiger partial charge in [0.05, 0.1) is 34.2 Å². The highest BCUT2D eigenvalue weighted by Crippen LogP contribution is 2.50. The van der Waals surface area contributed by atoms with Gasteiger partial charge in [-0.1, -0.05) is 212 Å². The van der Waals surface area contributed by atoms with Crippen LogP contribution in [0.25, 0.3) is 137 Å². The number of allylic oxidation sites excluding steroid dienone is 2. The van der Waals surface area contributed by atoms with E-state index >= 15 is 0 Å². The lowest BCUT2D eigenvalue weighted by Gasteiger charge is -2.27. The van der Waals surface area contributed by atoms with Crippen LogP contribution in [0.1, 0.15) is 11.5 Å². The van der Waals surface area contributed by atoms with E-state index in [0.29, 0.717) is 5.95 Å². The van der Waals surface area contributed by atoms with Crippen LogP contribution in [0.15, 0.2) is 267 Å². The van der Waals surface area contributed by atoms with Crippen LogP contribution >= 0.6 is 0 Å². The molecule has 2 atom stereocenters. The van der Waals surface area contributed by atoms with Crippen LogP contribution < -0.4 is 4.90 Å². The second-order valence-electron chi connectivity index (χ2n) is 21.1. The SMILES string of the molecule is C1=CC2c3cc(-c4ccc5c(c4)c4ccccc4n5-c4cccc5c6ccccc6c6ccccc6c45)ccc3N(c3nc(-c4cc5ccccc5c5ccccc45)cc(-c4cc5ccccc5c5ccccc45)n3)C2C=C1. The minimum Gasteiger partial charge on any atom is -0.309 e. The maximum absolute atomic E-state index is 5.68. The number of nitrogens with zero attached hydrogens (tertiary/aromatic N) is 4. The number of benzene rings is 13. The molecule has 0 N–H and O–H groups in total. The molecule has 78 heavy (non-hydrogen) atoms. The fraction of sp³-hybridized carbons (Fsp3) is 0.0270. The van der Waals surface area contributed by atoms with Crippen molar-refractivity contribution < 1.29 is 0 Å². The molecular weight excluding hydrogens is 945 g/mol. The first-order valence-corrected chi connectivity index (χ1v) is 27.1. The Morgan fingerprint density at radius 2 is 0.795 bits per heavy atom. The van der Waals surface area contributed by atoms with Gasteiger partial charge in [-0.2, -0.15) is 0 Å². The molecule has 0 spiro atoms. The molecule has 0 fully saturated rings. The summed E-state index contributed by atoms with van der Waals surface area (Å²) in [5.41, 5.74) is 12.3. The predicted molar refractivity (Wildman–Crippen MR) is 329 cm³/mol. The average Bonchev–Trinajstić information content (AvgIpc) is 4.22. The number of hydrogen-bond donors (Lipinski definition) is 0. The Kier molecular flexibility index (Phi) is 9.21. The lowest BCUT2D eigenvalue weighted by Crippen LogP contribution is -2.30. The summed E-state index contributed by atoms with van der Waals surface area (Å²) in [7, 11) is 0. The second-order valence-corrected chi connectivity index (χ2v) is 21.1. The average molecular weight is 991 g/mol. The molecular formula is C74H46N4. The largest absolute Gasteiger partial charge is 0.309 e. The molecule has 0 amide bonds. The third-order valence-electron chi connectivity index (χ3n) is 17.1. The summed E-state index contributed by atoms with van der Waals surface area (Å²) in [6, 6.07) is 89.3. The van der Waals surface area contributed by atoms with E-state index in [4.69, 9.17) is 9.97 Å². The van der Waals surface area contributed by atoms with Gasteiger partial charge >= 0.3 is 0 Å². The van der Waals surface area contributed by atoms with Crippen LogP contribution in [0, 0.1) is 0 Å². The van der Waals surface area contributed by atoms with Crippen molar-refractivity contribution in [1.29, 1.82) is 0 Å². The van der Waals surface area contributed by atoms with E-state index in [1.165, 1.54) is 120 Å². The zero-order valence-corrected chi connectivity index (χ0v) is 42.3. The van der Waals surface area contributed by atoms with Crippen molar-refractivity contribution in [2.24, 2.45) is 0 Å². The number of rotatable bonds is 5. The Morgan fingerprint density at radius 3 is 1.44 bits per heavy atom. The number of hydrogen-bond acceptors (Lipinski definition) is 3. The van der Waals surface area contributed by atoms with Crippen molar-refractivity contribution in [3.8, 4) is 39.3 Å². The van der Waals surface area contributed by atoms with Crippen LogP contribution in [0.4, 0.5) is 11.6 Å². The molecule has 13 aromatic carbocycles. The van der Waals surface area contributed by atoms with Crippen molar-refractivity contribution in [2.75, 3.05) is 4.90 Å². The zero-order chi connectivity index (χ0) is 51.0. The Bertz CT molecular complexity index is 4950. The molecule has 0 saturated carbocycles. The van der Waals surface area contributed by atoms with Crippen LogP contribution in [0.5, 0.6) is 0 Å². The Morgan fingerprint density at radius 1 is 0.321 bits per heavy atom. The standard InChI is InChI=1S/C74H46N4/c1-3-20-49-47(18-1)42-62(56-27-9-5-22-51(49)56)66-44-67(63-43-48-19-2-4-21-50(48)52-23-6-10-28-57(52)63)76-74(75-66)78-69-34-16-14-30-59(69)65-41-46(37-39-71(65)78)45-36-38-70-64(40-45)58-29-13-15-33-68(58)77(70)72-35-17-32-61-55-25-8-7-24-53(55)54-26-11-12-31-60(54)73(61)72/h1-44,59,69H. The summed E-state index contributed by atoms with van der Waals surface area (Å²) in [5.74, 6) is 0.772. The number of aromatic nitrogens is 3. The maximum atomic E-state index is 5.68. The molecule has 4 heteroatoms. The van der Waals surface area contributed by atoms with Crippen molar-refractivity contribution in [3.63, 3.8) is 0 Å². The molecule has 2 unspecified atom stereocenters. The first-order chi connectivity index (χ1) is 38.7. The molecule has 2 aliphatic rings. The van der Waals surface area contributed by atoms with E-state index in [0.717, 1.165) is 28.2 Å². The lowest BCUT2D eigenvalue weighted by atomic mass is 9.89. The summed E-state index contributed by atoms with van der Waals surface area (Å²) >= 11 is 0. The number of anilines is 2. The number of para-hydroxylation sites is 1. The van der Waals surface area contributed by atoms with Gasteiger partial charge in [-0.15, -0.1) is 0 Å². The summed E-state index contributed by atoms with van der Waals surface area (Å²) in [4.78, 5) is 13.8. The van der Waals surface area contributed by atoms with Crippen molar-refractivity contribution >= 4 is 109 Å². The molecule has 4 nitrogen and oxygen atoms in total. The Balaban J connectivity index is 0.849. The van der Waals surface area contributed by atoms with E-state index in [9.17, 15) is 0 Å². The highest BCUT2D eigenvalue weighted by atomic mass is 15.3. The Hall–Kier alpha value is -10.2. The number of fused-ring (bicyclic) bond motifs is 18. The summed E-state index contributed by atoms with van der Waals surface area (Å²) in [6.45, 7) is 0. The zero-order valence-electron chi connectivity index (χ0n) is 42.3. The smallest absolute Gasteiger partial charge is 0.231 e. The van der Waals surface area contributed by atoms with Gasteiger partial charge in [-0.3, -0.25) is 0 Å². The van der Waals surface area contributed by atoms with Crippen LogP contribution in [0.3, 0.4) is 0 Å². The third kappa shape index (κ3) is 6.29. The van der Waals surface area contributed by atoms with Gasteiger partial charge in [0.15, 0.2) is 0 Å². The fourth-order valence-corrected chi connectivity index (χ4v) is 13.6. The second kappa shape index (κ2) is 16.7. The third-order valence-corrected chi connectivity index (χ3v) is 17.1. The molecule has 1 aliphatic carbocycles. The molecule has 3 heterocycles. The van der Waals surface area contributed by atoms with Crippen molar-refractivity contribution in [1.82, 2.24) is 14.5 Å². The van der Waals surface area contributed by atoms with Gasteiger partial charge in [0.25, 0.3) is 0 Å². The van der Waals surface area contributed by atoms with Gasteiger partial charge < -0.3 is 9.47 Å². The van der Waals surface area contributed by atoms with E-state index in [-0.39, 0.29) is 12.0 Å². The molecule has 0 radical (unpaired) electrons. The van der Waals surface area contributed by atoms with Gasteiger partial charge in [-0.05, 0) is 141 Å². The van der Waals surface area contributed by atoms with Crippen LogP contribution in [-0.2, 0) is 0 Å². The van der Waals surface area contributed by atoms with Crippen molar-refractivity contribution in [2.45, 2.75) is 12.0 Å². The minimum atomic E-state index is -0.0283. The summed E-state index contributed by atoms with van der Waals surface area (Å²) in [5, 5.41) is 19.7. The first kappa shape index (κ1) is 43.1. The molecule has 17 rings (SSSR count). The minimum absolute atomic E-state index is 0.0283.